The summed E-state index contributed by atoms with van der Waals surface area (Å²) in [7, 11) is 0. The molecule has 0 aliphatic carbocycles. The van der Waals surface area contributed by atoms with E-state index in [2.05, 4.69) is 43.4 Å². The van der Waals surface area contributed by atoms with Crippen LogP contribution in [0.1, 0.15) is 26.3 Å². The molecule has 0 aliphatic heterocycles. The highest BCUT2D eigenvalue weighted by Crippen LogP contribution is 2.29. The van der Waals surface area contributed by atoms with E-state index >= 15 is 0 Å². The van der Waals surface area contributed by atoms with Crippen LogP contribution in [0, 0.1) is 5.41 Å². The topological polar surface area (TPSA) is 25.2 Å². The highest BCUT2D eigenvalue weighted by atomic mass is 14.8. The number of aliphatic imine (C=N–C) groups is 1. The van der Waals surface area contributed by atoms with Gasteiger partial charge in [-0.2, -0.15) is 0 Å². The van der Waals surface area contributed by atoms with Crippen molar-refractivity contribution in [2.45, 2.75) is 20.8 Å². The lowest BCUT2D eigenvalue weighted by Gasteiger charge is -2.11. The van der Waals surface area contributed by atoms with Crippen LogP contribution in [0.4, 0.5) is 5.69 Å². The molecular formula is C16H18N2. The van der Waals surface area contributed by atoms with Gasteiger partial charge in [0.15, 0.2) is 0 Å². The molecule has 0 saturated heterocycles. The predicted molar refractivity (Wildman–Crippen MR) is 79.4 cm³/mol. The molecule has 0 amide bonds. The Morgan fingerprint density at radius 2 is 2.00 bits per heavy atom. The molecular weight excluding hydrogens is 220 g/mol. The van der Waals surface area contributed by atoms with E-state index in [0.717, 1.165) is 22.2 Å². The number of nitrogens with zero attached hydrogens (tertiary/aromatic N) is 2. The molecule has 0 radical (unpaired) electrons. The lowest BCUT2D eigenvalue weighted by molar-refractivity contribution is 0.607. The van der Waals surface area contributed by atoms with Gasteiger partial charge in [-0.05, 0) is 11.5 Å². The van der Waals surface area contributed by atoms with Crippen LogP contribution in [-0.2, 0) is 0 Å². The van der Waals surface area contributed by atoms with Crippen LogP contribution in [0.3, 0.4) is 0 Å². The van der Waals surface area contributed by atoms with Crippen LogP contribution in [0.2, 0.25) is 0 Å². The SMILES string of the molecule is C=Cc1ccc2cccnc2c1N=CC(C)(C)C. The number of fused-ring (bicyclic) bond motifs is 1. The third kappa shape index (κ3) is 2.65. The minimum Gasteiger partial charge on any atom is -0.258 e. The molecule has 0 spiro atoms. The van der Waals surface area contributed by atoms with Gasteiger partial charge >= 0.3 is 0 Å². The lowest BCUT2D eigenvalue weighted by Crippen LogP contribution is -2.05. The summed E-state index contributed by atoms with van der Waals surface area (Å²) in [6.45, 7) is 10.2. The standard InChI is InChI=1S/C16H18N2/c1-5-12-8-9-13-7-6-10-17-15(13)14(12)18-11-16(2,3)4/h5-11H,1H2,2-4H3. The normalized spacial score (nSPS) is 12.2. The molecule has 2 aromatic rings. The first-order valence-electron chi connectivity index (χ1n) is 6.07. The third-order valence-corrected chi connectivity index (χ3v) is 2.58. The number of hydrogen-bond acceptors (Lipinski definition) is 2. The molecule has 18 heavy (non-hydrogen) atoms. The van der Waals surface area contributed by atoms with Crippen molar-refractivity contribution >= 4 is 28.9 Å². The van der Waals surface area contributed by atoms with Gasteiger partial charge < -0.3 is 0 Å². The van der Waals surface area contributed by atoms with E-state index in [4.69, 9.17) is 0 Å². The first-order chi connectivity index (χ1) is 8.51. The second kappa shape index (κ2) is 4.73. The Morgan fingerprint density at radius 3 is 2.67 bits per heavy atom. The van der Waals surface area contributed by atoms with Gasteiger partial charge in [-0.1, -0.05) is 51.6 Å². The van der Waals surface area contributed by atoms with Gasteiger partial charge in [0.05, 0.1) is 11.2 Å². The Hall–Kier alpha value is -1.96. The van der Waals surface area contributed by atoms with Crippen LogP contribution in [0.25, 0.3) is 17.0 Å². The monoisotopic (exact) mass is 238 g/mol. The number of benzene rings is 1. The number of rotatable bonds is 2. The highest BCUT2D eigenvalue weighted by Gasteiger charge is 2.09. The van der Waals surface area contributed by atoms with Crippen molar-refractivity contribution in [1.29, 1.82) is 0 Å². The molecule has 1 heterocycles. The van der Waals surface area contributed by atoms with E-state index < -0.39 is 0 Å². The molecule has 0 fully saturated rings. The molecule has 0 atom stereocenters. The van der Waals surface area contributed by atoms with Gasteiger partial charge in [-0.15, -0.1) is 0 Å². The minimum atomic E-state index is 0.0510. The first-order valence-corrected chi connectivity index (χ1v) is 6.07. The van der Waals surface area contributed by atoms with Crippen LogP contribution in [0.15, 0.2) is 42.0 Å². The number of pyridine rings is 1. The summed E-state index contributed by atoms with van der Waals surface area (Å²) in [5, 5.41) is 1.10. The second-order valence-corrected chi connectivity index (χ2v) is 5.41. The lowest BCUT2D eigenvalue weighted by atomic mass is 9.99. The number of hydrogen-bond donors (Lipinski definition) is 0. The summed E-state index contributed by atoms with van der Waals surface area (Å²) in [6, 6.07) is 8.07. The van der Waals surface area contributed by atoms with Crippen LogP contribution in [-0.4, -0.2) is 11.2 Å². The van der Waals surface area contributed by atoms with E-state index in [0.29, 0.717) is 0 Å². The largest absolute Gasteiger partial charge is 0.258 e. The molecule has 92 valence electrons. The average Bonchev–Trinajstić information content (AvgIpc) is 2.34. The minimum absolute atomic E-state index is 0.0510. The molecule has 2 heteroatoms. The summed E-state index contributed by atoms with van der Waals surface area (Å²) in [4.78, 5) is 9.05. The fourth-order valence-corrected chi connectivity index (χ4v) is 1.70. The Labute approximate surface area is 108 Å². The summed E-state index contributed by atoms with van der Waals surface area (Å²) in [5.74, 6) is 0. The molecule has 0 N–H and O–H groups in total. The van der Waals surface area contributed by atoms with Crippen LogP contribution < -0.4 is 0 Å². The number of aromatic nitrogens is 1. The zero-order valence-corrected chi connectivity index (χ0v) is 11.1. The summed E-state index contributed by atoms with van der Waals surface area (Å²) in [5.41, 5.74) is 2.89. The van der Waals surface area contributed by atoms with Crippen LogP contribution in [0.5, 0.6) is 0 Å². The van der Waals surface area contributed by atoms with Crippen molar-refractivity contribution in [2.24, 2.45) is 10.4 Å². The van der Waals surface area contributed by atoms with Crippen molar-refractivity contribution in [3.63, 3.8) is 0 Å². The first kappa shape index (κ1) is 12.5. The molecule has 1 aromatic heterocycles. The Bertz CT molecular complexity index is 604. The fourth-order valence-electron chi connectivity index (χ4n) is 1.70. The predicted octanol–water partition coefficient (Wildman–Crippen LogP) is 4.63. The van der Waals surface area contributed by atoms with Gasteiger partial charge in [0.25, 0.3) is 0 Å². The van der Waals surface area contributed by atoms with Crippen LogP contribution >= 0.6 is 0 Å². The molecule has 0 aliphatic rings. The van der Waals surface area contributed by atoms with E-state index in [1.165, 1.54) is 0 Å². The molecule has 2 rings (SSSR count). The molecule has 0 bridgehead atoms. The Morgan fingerprint density at radius 1 is 1.22 bits per heavy atom. The molecule has 1 aromatic carbocycles. The Kier molecular flexibility index (Phi) is 3.28. The van der Waals surface area contributed by atoms with Crippen molar-refractivity contribution in [1.82, 2.24) is 4.98 Å². The van der Waals surface area contributed by atoms with Crippen molar-refractivity contribution in [2.75, 3.05) is 0 Å². The molecule has 0 saturated carbocycles. The smallest absolute Gasteiger partial charge is 0.0964 e. The molecule has 2 nitrogen and oxygen atoms in total. The van der Waals surface area contributed by atoms with Crippen molar-refractivity contribution in [3.8, 4) is 0 Å². The van der Waals surface area contributed by atoms with Gasteiger partial charge in [-0.25, -0.2) is 0 Å². The van der Waals surface area contributed by atoms with E-state index in [1.807, 2.05) is 30.5 Å². The maximum Gasteiger partial charge on any atom is 0.0964 e. The van der Waals surface area contributed by atoms with Gasteiger partial charge in [0.1, 0.15) is 0 Å². The van der Waals surface area contributed by atoms with Crippen molar-refractivity contribution < 1.29 is 0 Å². The maximum absolute atomic E-state index is 4.62. The van der Waals surface area contributed by atoms with Crippen molar-refractivity contribution in [3.05, 3.63) is 42.6 Å². The maximum atomic E-state index is 4.62. The third-order valence-electron chi connectivity index (χ3n) is 2.58. The van der Waals surface area contributed by atoms with Gasteiger partial charge in [-0.3, -0.25) is 9.98 Å². The van der Waals surface area contributed by atoms with Gasteiger partial charge in [0.2, 0.25) is 0 Å². The Balaban J connectivity index is 2.65. The zero-order chi connectivity index (χ0) is 13.2. The summed E-state index contributed by atoms with van der Waals surface area (Å²) >= 11 is 0. The van der Waals surface area contributed by atoms with E-state index in [1.54, 1.807) is 6.20 Å². The average molecular weight is 238 g/mol. The summed E-state index contributed by atoms with van der Waals surface area (Å²) in [6.07, 6.45) is 5.58. The van der Waals surface area contributed by atoms with Gasteiger partial charge in [0, 0.05) is 23.4 Å². The van der Waals surface area contributed by atoms with E-state index in [-0.39, 0.29) is 5.41 Å². The quantitative estimate of drug-likeness (QED) is 0.700. The zero-order valence-electron chi connectivity index (χ0n) is 11.1. The summed E-state index contributed by atoms with van der Waals surface area (Å²) < 4.78 is 0. The fraction of sp³-hybridized carbons (Fsp3) is 0.250. The molecule has 0 unspecified atom stereocenters. The van der Waals surface area contributed by atoms with E-state index in [9.17, 15) is 0 Å². The highest BCUT2D eigenvalue weighted by molar-refractivity contribution is 5.94. The second-order valence-electron chi connectivity index (χ2n) is 5.41.